The van der Waals surface area contributed by atoms with Gasteiger partial charge in [0.15, 0.2) is 0 Å². The molecular weight excluding hydrogens is 571 g/mol. The first kappa shape index (κ1) is 28.9. The van der Waals surface area contributed by atoms with E-state index >= 15 is 0 Å². The van der Waals surface area contributed by atoms with Gasteiger partial charge in [-0.2, -0.15) is 0 Å². The average molecular weight is 609 g/mol. The quantitative estimate of drug-likeness (QED) is 0.412. The molecule has 2 aromatic heterocycles. The van der Waals surface area contributed by atoms with Gasteiger partial charge in [0.2, 0.25) is 11.8 Å². The zero-order valence-electron chi connectivity index (χ0n) is 22.2. The van der Waals surface area contributed by atoms with Crippen LogP contribution in [0.5, 0.6) is 5.88 Å². The van der Waals surface area contributed by atoms with Crippen LogP contribution in [0.4, 0.5) is 28.7 Å². The summed E-state index contributed by atoms with van der Waals surface area (Å²) in [7, 11) is 0. The summed E-state index contributed by atoms with van der Waals surface area (Å²) in [5.74, 6) is 1.48. The Hall–Kier alpha value is -3.11. The van der Waals surface area contributed by atoms with Gasteiger partial charge < -0.3 is 34.8 Å². The van der Waals surface area contributed by atoms with Crippen LogP contribution in [0.1, 0.15) is 32.5 Å². The fourth-order valence-corrected chi connectivity index (χ4v) is 5.30. The monoisotopic (exact) mass is 608 g/mol. The number of ether oxygens (including phenoxy) is 1. The number of fused-ring (bicyclic) bond motifs is 2. The van der Waals surface area contributed by atoms with E-state index in [9.17, 15) is 4.79 Å². The molecule has 3 aliphatic rings. The fourth-order valence-electron chi connectivity index (χ4n) is 5.30. The van der Waals surface area contributed by atoms with Gasteiger partial charge >= 0.3 is 0 Å². The Bertz CT molecular complexity index is 1310. The summed E-state index contributed by atoms with van der Waals surface area (Å²) in [6.07, 6.45) is 7.67. The topological polar surface area (TPSA) is 113 Å². The van der Waals surface area contributed by atoms with Crippen molar-refractivity contribution in [3.63, 3.8) is 0 Å². The van der Waals surface area contributed by atoms with Crippen molar-refractivity contribution in [1.29, 1.82) is 0 Å². The Balaban J connectivity index is 0.00000115. The molecule has 5 heterocycles. The van der Waals surface area contributed by atoms with Crippen LogP contribution in [0.15, 0.2) is 36.7 Å². The number of hydrogen-bond acceptors (Lipinski definition) is 10. The molecule has 1 radical (unpaired) electrons. The molecule has 1 fully saturated rings. The number of anilines is 5. The van der Waals surface area contributed by atoms with Crippen molar-refractivity contribution in [2.24, 2.45) is 5.92 Å². The first-order valence-corrected chi connectivity index (χ1v) is 13.0. The molecule has 3 aromatic rings. The van der Waals surface area contributed by atoms with Gasteiger partial charge in [-0.15, -0.1) is 0 Å². The van der Waals surface area contributed by atoms with Crippen molar-refractivity contribution < 1.29 is 49.9 Å². The third-order valence-corrected chi connectivity index (χ3v) is 7.41. The molecule has 0 bridgehead atoms. The molecule has 0 amide bonds. The van der Waals surface area contributed by atoms with E-state index in [0.717, 1.165) is 85.7 Å². The summed E-state index contributed by atoms with van der Waals surface area (Å²) in [6, 6.07) is 8.33. The first-order valence-electron chi connectivity index (χ1n) is 13.0. The molecule has 3 aliphatic heterocycles. The Morgan fingerprint density at radius 2 is 1.97 bits per heavy atom. The molecule has 0 atom stereocenters. The van der Waals surface area contributed by atoms with E-state index in [4.69, 9.17) is 14.5 Å². The van der Waals surface area contributed by atoms with Crippen molar-refractivity contribution in [3.05, 3.63) is 53.5 Å². The number of nitrogens with one attached hydrogen (secondary N) is 2. The Kier molecular flexibility index (Phi) is 9.85. The molecule has 6 rings (SSSR count). The number of benzene rings is 1. The van der Waals surface area contributed by atoms with Gasteiger partial charge in [-0.05, 0) is 49.9 Å². The molecule has 1 aromatic carbocycles. The van der Waals surface area contributed by atoms with Crippen LogP contribution < -0.4 is 25.2 Å². The predicted molar refractivity (Wildman–Crippen MR) is 152 cm³/mol. The Morgan fingerprint density at radius 3 is 2.77 bits per heavy atom. The number of carbonyl (C=O) groups is 2. The molecule has 11 heteroatoms. The summed E-state index contributed by atoms with van der Waals surface area (Å²) in [6.45, 7) is 8.96. The predicted octanol–water partition coefficient (Wildman–Crippen LogP) is 4.01. The third kappa shape index (κ3) is 6.39. The normalized spacial score (nSPS) is 16.2. The van der Waals surface area contributed by atoms with Gasteiger partial charge in [0.25, 0.3) is 0 Å². The van der Waals surface area contributed by atoms with Gasteiger partial charge in [-0.1, -0.05) is 6.07 Å². The number of aromatic nitrogens is 3. The fraction of sp³-hybridized carbons (Fsp3) is 0.393. The van der Waals surface area contributed by atoms with E-state index in [-0.39, 0.29) is 41.5 Å². The minimum atomic E-state index is 0. The van der Waals surface area contributed by atoms with Crippen LogP contribution >= 0.6 is 0 Å². The van der Waals surface area contributed by atoms with Crippen LogP contribution in [0.25, 0.3) is 0 Å². The smallest absolute Gasteiger partial charge is 0.237 e. The second-order valence-corrected chi connectivity index (χ2v) is 9.70. The van der Waals surface area contributed by atoms with Crippen LogP contribution in [-0.2, 0) is 55.3 Å². The van der Waals surface area contributed by atoms with Gasteiger partial charge in [0.1, 0.15) is 25.4 Å². The van der Waals surface area contributed by atoms with Crippen LogP contribution in [0, 0.1) is 12.8 Å². The Morgan fingerprint density at radius 1 is 1.15 bits per heavy atom. The number of hydrogen-bond donors (Lipinski definition) is 2. The van der Waals surface area contributed by atoms with E-state index in [0.29, 0.717) is 25.0 Å². The number of carbonyl (C=O) groups excluding carboxylic acids is 2. The number of pyridine rings is 1. The minimum Gasteiger partial charge on any atom is -0.474 e. The molecule has 205 valence electrons. The molecule has 0 saturated carbocycles. The standard InChI is InChI=1S/C27H31N7O2.CH2O.Y.2H2/c1-18-24(15-29-26-25(18)28-8-12-36-26)34-11-7-20-14-30-27(32-23(20)16-34)31-21-3-2-4-22(13-21)33-9-5-19(17-35)6-10-33;1-2;;;/h2-4,13-15,17,19,28H,5-12,16H2,1H3,(H,30,31,32);1H2;;2*1H. The molecular formula is C28H37N7O3Y. The van der Waals surface area contributed by atoms with Crippen LogP contribution in [0.2, 0.25) is 0 Å². The molecule has 0 aliphatic carbocycles. The van der Waals surface area contributed by atoms with Gasteiger partial charge in [-0.3, -0.25) is 0 Å². The third-order valence-electron chi connectivity index (χ3n) is 7.41. The summed E-state index contributed by atoms with van der Waals surface area (Å²) >= 11 is 0. The molecule has 2 N–H and O–H groups in total. The van der Waals surface area contributed by atoms with E-state index in [1.807, 2.05) is 31.3 Å². The second-order valence-electron chi connectivity index (χ2n) is 9.70. The number of rotatable bonds is 5. The average Bonchev–Trinajstić information content (AvgIpc) is 2.98. The number of aldehydes is 1. The maximum atomic E-state index is 11.1. The van der Waals surface area contributed by atoms with Crippen LogP contribution in [-0.4, -0.2) is 60.8 Å². The summed E-state index contributed by atoms with van der Waals surface area (Å²) < 4.78 is 5.69. The number of nitrogens with zero attached hydrogens (tertiary/aromatic N) is 5. The van der Waals surface area contributed by atoms with Crippen molar-refractivity contribution in [1.82, 2.24) is 15.0 Å². The maximum Gasteiger partial charge on any atom is 0.237 e. The number of piperidine rings is 1. The summed E-state index contributed by atoms with van der Waals surface area (Å²) in [4.78, 5) is 37.8. The molecule has 1 saturated heterocycles. The van der Waals surface area contributed by atoms with Crippen molar-refractivity contribution in [2.75, 3.05) is 53.2 Å². The van der Waals surface area contributed by atoms with Crippen molar-refractivity contribution in [3.8, 4) is 5.88 Å². The maximum absolute atomic E-state index is 11.1. The molecule has 39 heavy (non-hydrogen) atoms. The first-order chi connectivity index (χ1) is 18.7. The zero-order chi connectivity index (χ0) is 26.5. The summed E-state index contributed by atoms with van der Waals surface area (Å²) in [5, 5.41) is 6.83. The second kappa shape index (κ2) is 13.3. The SMILES string of the molecule is C=O.Cc1c(N2CCc3cnc(Nc4cccc(N5CCC(C=O)CC5)c4)nc3C2)cnc2c1NCCO2.[HH].[HH].[Y]. The van der Waals surface area contributed by atoms with Crippen molar-refractivity contribution >= 4 is 41.8 Å². The van der Waals surface area contributed by atoms with Gasteiger partial charge in [0.05, 0.1) is 24.1 Å². The van der Waals surface area contributed by atoms with Crippen molar-refractivity contribution in [2.45, 2.75) is 32.7 Å². The van der Waals surface area contributed by atoms with Crippen LogP contribution in [0.3, 0.4) is 0 Å². The van der Waals surface area contributed by atoms with Gasteiger partial charge in [0, 0.05) is 90.8 Å². The molecule has 10 nitrogen and oxygen atoms in total. The van der Waals surface area contributed by atoms with E-state index in [1.165, 1.54) is 5.56 Å². The largest absolute Gasteiger partial charge is 0.474 e. The van der Waals surface area contributed by atoms with E-state index in [1.54, 1.807) is 0 Å². The zero-order valence-corrected chi connectivity index (χ0v) is 25.1. The van der Waals surface area contributed by atoms with Gasteiger partial charge in [-0.25, -0.2) is 15.0 Å². The molecule has 0 spiro atoms. The molecule has 0 unspecified atom stereocenters. The van der Waals surface area contributed by atoms with E-state index in [2.05, 4.69) is 49.5 Å². The Labute approximate surface area is 256 Å². The summed E-state index contributed by atoms with van der Waals surface area (Å²) in [5.41, 5.74) is 7.59. The minimum absolute atomic E-state index is 0. The van der Waals surface area contributed by atoms with E-state index < -0.39 is 0 Å².